The number of ether oxygens (including phenoxy) is 1. The fourth-order valence-corrected chi connectivity index (χ4v) is 2.90. The van der Waals surface area contributed by atoms with Crippen LogP contribution in [0.3, 0.4) is 0 Å². The van der Waals surface area contributed by atoms with Gasteiger partial charge in [0, 0.05) is 19.3 Å². The van der Waals surface area contributed by atoms with Gasteiger partial charge in [-0.25, -0.2) is 4.79 Å². The van der Waals surface area contributed by atoms with Crippen LogP contribution in [0, 0.1) is 5.92 Å². The third kappa shape index (κ3) is 4.27. The van der Waals surface area contributed by atoms with Gasteiger partial charge in [-0.2, -0.15) is 18.3 Å². The van der Waals surface area contributed by atoms with Gasteiger partial charge in [0.1, 0.15) is 0 Å². The molecule has 0 saturated carbocycles. The van der Waals surface area contributed by atoms with Gasteiger partial charge in [0.15, 0.2) is 6.61 Å². The van der Waals surface area contributed by atoms with Gasteiger partial charge >= 0.3 is 18.1 Å². The van der Waals surface area contributed by atoms with Crippen molar-refractivity contribution in [3.63, 3.8) is 0 Å². The lowest BCUT2D eigenvalue weighted by Crippen LogP contribution is -2.46. The van der Waals surface area contributed by atoms with Gasteiger partial charge < -0.3 is 9.64 Å². The Morgan fingerprint density at radius 1 is 1.38 bits per heavy atom. The predicted molar refractivity (Wildman–Crippen MR) is 77.8 cm³/mol. The third-order valence-corrected chi connectivity index (χ3v) is 4.01. The summed E-state index contributed by atoms with van der Waals surface area (Å²) in [4.78, 5) is 25.4. The van der Waals surface area contributed by atoms with Crippen LogP contribution < -0.4 is 0 Å². The van der Waals surface area contributed by atoms with E-state index in [1.807, 2.05) is 13.8 Å². The number of hydrogen-bond acceptors (Lipinski definition) is 4. The Labute approximate surface area is 137 Å². The van der Waals surface area contributed by atoms with E-state index >= 15 is 0 Å². The summed E-state index contributed by atoms with van der Waals surface area (Å²) < 4.78 is 42.3. The van der Waals surface area contributed by atoms with Crippen molar-refractivity contribution in [2.45, 2.75) is 45.5 Å². The first-order chi connectivity index (χ1) is 11.2. The molecule has 2 rings (SSSR count). The van der Waals surface area contributed by atoms with E-state index in [0.29, 0.717) is 19.5 Å². The molecular formula is C15H20F3N3O3. The molecule has 0 bridgehead atoms. The van der Waals surface area contributed by atoms with E-state index in [0.717, 1.165) is 12.1 Å². The highest BCUT2D eigenvalue weighted by Gasteiger charge is 2.38. The Balaban J connectivity index is 2.16. The first-order valence-corrected chi connectivity index (χ1v) is 7.79. The summed E-state index contributed by atoms with van der Waals surface area (Å²) in [7, 11) is 0. The summed E-state index contributed by atoms with van der Waals surface area (Å²) >= 11 is 0. The van der Waals surface area contributed by atoms with E-state index in [1.54, 1.807) is 16.9 Å². The molecule has 2 atom stereocenters. The molecule has 2 heterocycles. The first-order valence-electron chi connectivity index (χ1n) is 7.79. The molecule has 0 aliphatic carbocycles. The number of esters is 1. The molecule has 134 valence electrons. The molecule has 9 heteroatoms. The predicted octanol–water partition coefficient (Wildman–Crippen LogP) is 2.31. The van der Waals surface area contributed by atoms with Gasteiger partial charge in [-0.1, -0.05) is 6.92 Å². The molecule has 1 amide bonds. The quantitative estimate of drug-likeness (QED) is 0.622. The van der Waals surface area contributed by atoms with E-state index in [-0.39, 0.29) is 5.92 Å². The number of halogens is 3. The average Bonchev–Trinajstić information content (AvgIpc) is 2.99. The summed E-state index contributed by atoms with van der Waals surface area (Å²) in [6.07, 6.45) is -1.60. The van der Waals surface area contributed by atoms with E-state index in [9.17, 15) is 22.8 Å². The molecule has 1 aromatic rings. The molecule has 0 radical (unpaired) electrons. The van der Waals surface area contributed by atoms with Crippen molar-refractivity contribution >= 4 is 11.9 Å². The maximum absolute atomic E-state index is 12.3. The fraction of sp³-hybridized carbons (Fsp3) is 0.667. The molecule has 1 saturated heterocycles. The van der Waals surface area contributed by atoms with Gasteiger partial charge in [-0.05, 0) is 31.7 Å². The Hall–Kier alpha value is -2.06. The molecule has 0 N–H and O–H groups in total. The van der Waals surface area contributed by atoms with Crippen LogP contribution in [0.5, 0.6) is 0 Å². The summed E-state index contributed by atoms with van der Waals surface area (Å²) in [6.45, 7) is 2.94. The number of hydrogen-bond donors (Lipinski definition) is 0. The number of alkyl halides is 3. The standard InChI is InChI=1S/C15H20F3N3O3/c1-3-21-12(6-7-19-21)11-5-4-10(2)8-20(11)13(22)14(23)24-9-15(16,17)18/h6-7,10-11H,3-5,8-9H2,1-2H3. The van der Waals surface area contributed by atoms with Gasteiger partial charge in [-0.15, -0.1) is 0 Å². The number of likely N-dealkylation sites (tertiary alicyclic amines) is 1. The second kappa shape index (κ2) is 7.23. The summed E-state index contributed by atoms with van der Waals surface area (Å²) in [5, 5.41) is 4.15. The topological polar surface area (TPSA) is 64.4 Å². The van der Waals surface area contributed by atoms with Crippen molar-refractivity contribution in [1.82, 2.24) is 14.7 Å². The molecule has 1 aromatic heterocycles. The van der Waals surface area contributed by atoms with Crippen LogP contribution in [0.2, 0.25) is 0 Å². The zero-order chi connectivity index (χ0) is 17.9. The van der Waals surface area contributed by atoms with Crippen molar-refractivity contribution in [3.8, 4) is 0 Å². The molecule has 2 unspecified atom stereocenters. The van der Waals surface area contributed by atoms with E-state index in [1.165, 1.54) is 4.90 Å². The average molecular weight is 347 g/mol. The number of amides is 1. The van der Waals surface area contributed by atoms with Gasteiger partial charge in [0.2, 0.25) is 0 Å². The minimum absolute atomic E-state index is 0.151. The molecule has 0 aromatic carbocycles. The van der Waals surface area contributed by atoms with E-state index < -0.39 is 30.7 Å². The molecule has 24 heavy (non-hydrogen) atoms. The molecule has 1 aliphatic heterocycles. The molecule has 1 aliphatic rings. The number of piperidine rings is 1. The molecular weight excluding hydrogens is 327 g/mol. The highest BCUT2D eigenvalue weighted by atomic mass is 19.4. The zero-order valence-electron chi connectivity index (χ0n) is 13.5. The van der Waals surface area contributed by atoms with Crippen molar-refractivity contribution in [1.29, 1.82) is 0 Å². The Morgan fingerprint density at radius 3 is 2.71 bits per heavy atom. The summed E-state index contributed by atoms with van der Waals surface area (Å²) in [5.41, 5.74) is 0.765. The largest absolute Gasteiger partial charge is 0.449 e. The van der Waals surface area contributed by atoms with Gasteiger partial charge in [0.05, 0.1) is 11.7 Å². The lowest BCUT2D eigenvalue weighted by molar-refractivity contribution is -0.190. The minimum Gasteiger partial charge on any atom is -0.449 e. The Kier molecular flexibility index (Phi) is 5.51. The molecule has 0 spiro atoms. The van der Waals surface area contributed by atoms with Crippen LogP contribution >= 0.6 is 0 Å². The van der Waals surface area contributed by atoms with Crippen molar-refractivity contribution < 1.29 is 27.5 Å². The summed E-state index contributed by atoms with van der Waals surface area (Å²) in [5.74, 6) is -2.37. The maximum Gasteiger partial charge on any atom is 0.422 e. The Morgan fingerprint density at radius 2 is 2.08 bits per heavy atom. The molecule has 6 nitrogen and oxygen atoms in total. The highest BCUT2D eigenvalue weighted by molar-refractivity contribution is 6.32. The van der Waals surface area contributed by atoms with Crippen LogP contribution in [0.4, 0.5) is 13.2 Å². The van der Waals surface area contributed by atoms with Gasteiger partial charge in [0.25, 0.3) is 0 Å². The monoisotopic (exact) mass is 347 g/mol. The number of carbonyl (C=O) groups excluding carboxylic acids is 2. The fourth-order valence-electron chi connectivity index (χ4n) is 2.90. The highest BCUT2D eigenvalue weighted by Crippen LogP contribution is 2.33. The second-order valence-corrected chi connectivity index (χ2v) is 5.92. The van der Waals surface area contributed by atoms with E-state index in [2.05, 4.69) is 9.84 Å². The van der Waals surface area contributed by atoms with Crippen LogP contribution in [0.15, 0.2) is 12.3 Å². The third-order valence-electron chi connectivity index (χ3n) is 4.01. The SMILES string of the molecule is CCn1nccc1C1CCC(C)CN1C(=O)C(=O)OCC(F)(F)F. The number of rotatable bonds is 3. The lowest BCUT2D eigenvalue weighted by Gasteiger charge is -2.38. The lowest BCUT2D eigenvalue weighted by atomic mass is 9.92. The number of carbonyl (C=O) groups is 2. The van der Waals surface area contributed by atoms with Crippen LogP contribution in [0.25, 0.3) is 0 Å². The maximum atomic E-state index is 12.3. The van der Waals surface area contributed by atoms with Crippen molar-refractivity contribution in [3.05, 3.63) is 18.0 Å². The Bertz CT molecular complexity index is 600. The van der Waals surface area contributed by atoms with Crippen LogP contribution in [-0.2, 0) is 20.9 Å². The van der Waals surface area contributed by atoms with Crippen molar-refractivity contribution in [2.75, 3.05) is 13.2 Å². The zero-order valence-corrected chi connectivity index (χ0v) is 13.5. The number of aryl methyl sites for hydroxylation is 1. The number of aromatic nitrogens is 2. The van der Waals surface area contributed by atoms with E-state index in [4.69, 9.17) is 0 Å². The normalized spacial score (nSPS) is 21.6. The van der Waals surface area contributed by atoms with Gasteiger partial charge in [-0.3, -0.25) is 9.48 Å². The minimum atomic E-state index is -4.66. The number of nitrogens with zero attached hydrogens (tertiary/aromatic N) is 3. The molecule has 1 fully saturated rings. The van der Waals surface area contributed by atoms with Crippen LogP contribution in [-0.4, -0.2) is 45.9 Å². The van der Waals surface area contributed by atoms with Crippen LogP contribution in [0.1, 0.15) is 38.4 Å². The second-order valence-electron chi connectivity index (χ2n) is 5.92. The first kappa shape index (κ1) is 18.3. The smallest absolute Gasteiger partial charge is 0.422 e. The summed E-state index contributed by atoms with van der Waals surface area (Å²) in [6, 6.07) is 1.36. The van der Waals surface area contributed by atoms with Crippen molar-refractivity contribution in [2.24, 2.45) is 5.92 Å².